The summed E-state index contributed by atoms with van der Waals surface area (Å²) >= 11 is 0. The average molecular weight is 1040 g/mol. The largest absolute Gasteiger partial charge is 0.405 e. The molecule has 0 radical (unpaired) electrons. The van der Waals surface area contributed by atoms with Crippen molar-refractivity contribution in [1.82, 2.24) is 5.32 Å². The number of hydrogen-bond acceptors (Lipinski definition) is 6. The normalized spacial score (nSPS) is 16.9. The van der Waals surface area contributed by atoms with Gasteiger partial charge in [-0.3, -0.25) is 4.79 Å². The molecular formula is C69H73NO6Si. The predicted octanol–water partition coefficient (Wildman–Crippen LogP) is 8.35. The Balaban J connectivity index is 1.71. The van der Waals surface area contributed by atoms with Gasteiger partial charge in [-0.25, -0.2) is 0 Å². The first-order valence-electron chi connectivity index (χ1n) is 26.6. The van der Waals surface area contributed by atoms with Crippen LogP contribution in [-0.2, 0) is 18.7 Å². The van der Waals surface area contributed by atoms with E-state index >= 15 is 0 Å². The number of aliphatic hydroxyl groups is 2. The lowest BCUT2D eigenvalue weighted by atomic mass is 9.79. The Morgan fingerprint density at radius 3 is 1.49 bits per heavy atom. The van der Waals surface area contributed by atoms with Crippen molar-refractivity contribution in [3.63, 3.8) is 0 Å². The summed E-state index contributed by atoms with van der Waals surface area (Å²) in [5.74, 6) is 60.3. The minimum Gasteiger partial charge on any atom is -0.405 e. The van der Waals surface area contributed by atoms with Crippen LogP contribution in [0, 0.1) is 160 Å². The highest BCUT2D eigenvalue weighted by Crippen LogP contribution is 2.40. The van der Waals surface area contributed by atoms with Crippen LogP contribution in [-0.4, -0.2) is 68.3 Å². The van der Waals surface area contributed by atoms with E-state index in [1.807, 2.05) is 18.2 Å². The van der Waals surface area contributed by atoms with Crippen LogP contribution in [0.1, 0.15) is 126 Å². The van der Waals surface area contributed by atoms with Gasteiger partial charge in [0.2, 0.25) is 0 Å². The van der Waals surface area contributed by atoms with Gasteiger partial charge in [0.15, 0.2) is 6.29 Å². The number of aliphatic hydroxyl groups excluding tert-OH is 2. The molecule has 1 saturated heterocycles. The summed E-state index contributed by atoms with van der Waals surface area (Å²) in [6.07, 6.45) is 12.8. The topological polar surface area (TPSA) is 97.3 Å². The van der Waals surface area contributed by atoms with Crippen molar-refractivity contribution in [2.24, 2.45) is 17.8 Å². The second-order valence-corrected chi connectivity index (χ2v) is 23.8. The highest BCUT2D eigenvalue weighted by molar-refractivity contribution is 6.99. The van der Waals surface area contributed by atoms with Gasteiger partial charge >= 0.3 is 0 Å². The number of hydrogen-bond donors (Lipinski definition) is 3. The van der Waals surface area contributed by atoms with Crippen molar-refractivity contribution in [3.8, 4) is 142 Å². The molecule has 394 valence electrons. The van der Waals surface area contributed by atoms with Gasteiger partial charge in [-0.15, -0.1) is 0 Å². The number of unbranched alkanes of at least 4 members (excludes halogenated alkanes) is 10. The van der Waals surface area contributed by atoms with E-state index in [-0.39, 0.29) is 35.5 Å². The molecule has 1 amide bonds. The summed E-state index contributed by atoms with van der Waals surface area (Å²) in [5, 5.41) is 27.7. The second kappa shape index (κ2) is 38.0. The lowest BCUT2D eigenvalue weighted by Crippen LogP contribution is -2.67. The molecule has 0 aliphatic carbocycles. The molecular weight excluding hydrogens is 967 g/mol. The lowest BCUT2D eigenvalue weighted by Gasteiger charge is -2.47. The van der Waals surface area contributed by atoms with Gasteiger partial charge in [0, 0.05) is 47.4 Å². The van der Waals surface area contributed by atoms with E-state index < -0.39 is 38.8 Å². The summed E-state index contributed by atoms with van der Waals surface area (Å²) in [6.45, 7) is 17.3. The third-order valence-electron chi connectivity index (χ3n) is 13.1. The first-order chi connectivity index (χ1) is 37.4. The highest BCUT2D eigenvalue weighted by Gasteiger charge is 2.51. The van der Waals surface area contributed by atoms with Crippen LogP contribution in [0.2, 0.25) is 5.04 Å². The Hall–Kier alpha value is -7.61. The molecule has 2 unspecified atom stereocenters. The van der Waals surface area contributed by atoms with Gasteiger partial charge in [-0.2, -0.15) is 0 Å². The average Bonchev–Trinajstić information content (AvgIpc) is 3.42. The molecule has 0 spiro atoms. The molecule has 3 N–H and O–H groups in total. The van der Waals surface area contributed by atoms with Gasteiger partial charge in [0.1, 0.15) is 12.2 Å². The zero-order valence-electron chi connectivity index (χ0n) is 46.3. The van der Waals surface area contributed by atoms with E-state index in [1.54, 1.807) is 13.0 Å². The number of benzene rings is 2. The summed E-state index contributed by atoms with van der Waals surface area (Å²) in [7, 11) is -2.87. The molecule has 1 aliphatic heterocycles. The SMILES string of the molecule is CC#CC#CC#CC#CC#CC#CC#CC#CC#CC#CC#CC#CC(=O)N[C@@H](CO[C@H]1OC(CO[Si](c2ccccc2)(c2ccccc2)C(C)(C)C)[C@H](C)[C@H](C)C1C)[C@H](O)[C@H](O)C=CCCCCCCCCCCCC. The van der Waals surface area contributed by atoms with Crippen molar-refractivity contribution in [3.05, 3.63) is 72.8 Å². The number of rotatable bonds is 23. The van der Waals surface area contributed by atoms with E-state index in [4.69, 9.17) is 13.9 Å². The monoisotopic (exact) mass is 1040 g/mol. The van der Waals surface area contributed by atoms with Crippen LogP contribution >= 0.6 is 0 Å². The molecule has 2 aromatic rings. The smallest absolute Gasteiger partial charge is 0.297 e. The number of carbonyl (C=O) groups excluding carboxylic acids is 1. The Morgan fingerprint density at radius 1 is 0.623 bits per heavy atom. The molecule has 2 aromatic carbocycles. The molecule has 8 heteroatoms. The second-order valence-electron chi connectivity index (χ2n) is 19.5. The van der Waals surface area contributed by atoms with Gasteiger partial charge in [0.25, 0.3) is 14.2 Å². The van der Waals surface area contributed by atoms with Crippen LogP contribution in [0.3, 0.4) is 0 Å². The molecule has 3 rings (SSSR count). The number of nitrogens with one attached hydrogen (secondary N) is 1. The van der Waals surface area contributed by atoms with Crippen molar-refractivity contribution in [1.29, 1.82) is 0 Å². The maximum atomic E-state index is 13.2. The molecule has 1 aliphatic rings. The van der Waals surface area contributed by atoms with Gasteiger partial charge < -0.3 is 29.4 Å². The molecule has 0 saturated carbocycles. The maximum absolute atomic E-state index is 13.2. The third kappa shape index (κ3) is 24.3. The van der Waals surface area contributed by atoms with Crippen LogP contribution in [0.25, 0.3) is 0 Å². The molecule has 0 aromatic heterocycles. The lowest BCUT2D eigenvalue weighted by molar-refractivity contribution is -0.256. The van der Waals surface area contributed by atoms with E-state index in [0.29, 0.717) is 6.61 Å². The fourth-order valence-electron chi connectivity index (χ4n) is 8.58. The molecule has 1 heterocycles. The van der Waals surface area contributed by atoms with E-state index in [2.05, 4.69) is 244 Å². The number of carbonyl (C=O) groups is 1. The Bertz CT molecular complexity index is 2990. The molecule has 77 heavy (non-hydrogen) atoms. The molecule has 7 nitrogen and oxygen atoms in total. The number of allylic oxidation sites excluding steroid dienone is 1. The van der Waals surface area contributed by atoms with Crippen LogP contribution < -0.4 is 15.7 Å². The quantitative estimate of drug-likeness (QED) is 0.0449. The standard InChI is InChI=1S/C69H73NO6Si/c1-9-11-13-15-17-19-21-23-24-25-26-27-28-29-30-31-32-33-35-37-39-41-49-55-66(72)70-63(67(73)64(71)54-48-40-38-36-34-22-20-18-16-14-12-10-2)56-74-68-60(5)58(3)59(4)65(76-68)57-75-77(69(6,7)8,61-50-44-42-45-51-61)62-52-46-43-47-53-62/h42-48,50-54,58-60,63-65,67-68,71,73H,10,12,14,16,18,20,22,34,36,38,40,56-57H2,1-8H3,(H,70,72)/t58-,59+,60?,63-,64+,65?,67-,68-/m0/s1. The van der Waals surface area contributed by atoms with E-state index in [0.717, 1.165) is 19.3 Å². The summed E-state index contributed by atoms with van der Waals surface area (Å²) in [5.41, 5.74) is 0. The number of amides is 1. The van der Waals surface area contributed by atoms with Gasteiger partial charge in [-0.1, -0.05) is 185 Å². The Labute approximate surface area is 464 Å². The fraction of sp³-hybridized carbons (Fsp3) is 0.435. The summed E-state index contributed by atoms with van der Waals surface area (Å²) < 4.78 is 20.6. The Kier molecular flexibility index (Phi) is 31.4. The van der Waals surface area contributed by atoms with E-state index in [1.165, 1.54) is 61.7 Å². The maximum Gasteiger partial charge on any atom is 0.297 e. The molecule has 1 fully saturated rings. The first-order valence-corrected chi connectivity index (χ1v) is 28.6. The first kappa shape index (κ1) is 63.7. The third-order valence-corrected chi connectivity index (χ3v) is 18.1. The Morgan fingerprint density at radius 2 is 1.05 bits per heavy atom. The molecule has 8 atom stereocenters. The van der Waals surface area contributed by atoms with Crippen LogP contribution in [0.5, 0.6) is 0 Å². The van der Waals surface area contributed by atoms with Crippen molar-refractivity contribution in [2.45, 2.75) is 162 Å². The highest BCUT2D eigenvalue weighted by atomic mass is 28.4. The number of ether oxygens (including phenoxy) is 2. The van der Waals surface area contributed by atoms with Crippen molar-refractivity contribution >= 4 is 24.6 Å². The van der Waals surface area contributed by atoms with Crippen molar-refractivity contribution in [2.75, 3.05) is 13.2 Å². The summed E-state index contributed by atoms with van der Waals surface area (Å²) in [4.78, 5) is 13.2. The zero-order valence-corrected chi connectivity index (χ0v) is 47.3. The van der Waals surface area contributed by atoms with Gasteiger partial charge in [-0.05, 0) is 142 Å². The van der Waals surface area contributed by atoms with Crippen molar-refractivity contribution < 1.29 is 28.9 Å². The van der Waals surface area contributed by atoms with E-state index in [9.17, 15) is 15.0 Å². The summed E-state index contributed by atoms with van der Waals surface area (Å²) in [6, 6.07) is 20.0. The fourth-order valence-corrected chi connectivity index (χ4v) is 13.1. The predicted molar refractivity (Wildman–Crippen MR) is 314 cm³/mol. The van der Waals surface area contributed by atoms with Gasteiger partial charge in [0.05, 0.1) is 25.4 Å². The minimum absolute atomic E-state index is 0.0436. The zero-order chi connectivity index (χ0) is 55.8. The minimum atomic E-state index is -2.87. The molecule has 0 bridgehead atoms. The van der Waals surface area contributed by atoms with Crippen LogP contribution in [0.4, 0.5) is 0 Å². The van der Waals surface area contributed by atoms with Crippen LogP contribution in [0.15, 0.2) is 72.8 Å².